The lowest BCUT2D eigenvalue weighted by atomic mass is 9.95. The number of hydrogen-bond donors (Lipinski definition) is 1. The van der Waals surface area contributed by atoms with Crippen LogP contribution in [0.4, 0.5) is 8.78 Å². The zero-order valence-electron chi connectivity index (χ0n) is 7.49. The Hall–Kier alpha value is -0.670. The van der Waals surface area contributed by atoms with Crippen molar-refractivity contribution in [2.24, 2.45) is 5.73 Å². The highest BCUT2D eigenvalue weighted by atomic mass is 35.5. The van der Waals surface area contributed by atoms with Gasteiger partial charge in [0, 0.05) is 17.5 Å². The molecule has 1 saturated carbocycles. The zero-order chi connectivity index (χ0) is 10.3. The Morgan fingerprint density at radius 2 is 1.86 bits per heavy atom. The molecule has 2 N–H and O–H groups in total. The molecule has 0 atom stereocenters. The number of rotatable bonds is 2. The van der Waals surface area contributed by atoms with E-state index in [1.165, 1.54) is 0 Å². The molecule has 1 aliphatic carbocycles. The lowest BCUT2D eigenvalue weighted by molar-refractivity contribution is 0.555. The quantitative estimate of drug-likeness (QED) is 0.758. The van der Waals surface area contributed by atoms with Crippen molar-refractivity contribution >= 4 is 11.6 Å². The first-order valence-corrected chi connectivity index (χ1v) is 4.82. The number of benzene rings is 1. The molecule has 0 aromatic heterocycles. The number of nitrogens with two attached hydrogens (primary N) is 1. The van der Waals surface area contributed by atoms with Gasteiger partial charge in [-0.2, -0.15) is 0 Å². The summed E-state index contributed by atoms with van der Waals surface area (Å²) < 4.78 is 26.6. The van der Waals surface area contributed by atoms with Gasteiger partial charge < -0.3 is 5.73 Å². The second-order valence-corrected chi connectivity index (χ2v) is 4.08. The van der Waals surface area contributed by atoms with Crippen LogP contribution in [0.15, 0.2) is 12.1 Å². The lowest BCUT2D eigenvalue weighted by Gasteiger charge is -2.15. The highest BCUT2D eigenvalue weighted by Crippen LogP contribution is 2.50. The zero-order valence-corrected chi connectivity index (χ0v) is 8.24. The normalized spacial score (nSPS) is 18.3. The predicted molar refractivity (Wildman–Crippen MR) is 51.3 cm³/mol. The van der Waals surface area contributed by atoms with E-state index in [1.807, 2.05) is 0 Å². The van der Waals surface area contributed by atoms with Crippen LogP contribution in [0.1, 0.15) is 18.4 Å². The molecule has 2 rings (SSSR count). The largest absolute Gasteiger partial charge is 0.330 e. The summed E-state index contributed by atoms with van der Waals surface area (Å²) in [5, 5.41) is -0.118. The molecular weight excluding hydrogens is 208 g/mol. The first kappa shape index (κ1) is 9.87. The standard InChI is InChI=1S/C10H10ClF2N/c11-9-7(13)2-1-6(12)8(9)10(5-14)3-4-10/h1-2H,3-5,14H2. The van der Waals surface area contributed by atoms with Crippen molar-refractivity contribution in [1.82, 2.24) is 0 Å². The average molecular weight is 218 g/mol. The molecule has 0 bridgehead atoms. The molecule has 1 aliphatic rings. The summed E-state index contributed by atoms with van der Waals surface area (Å²) in [7, 11) is 0. The van der Waals surface area contributed by atoms with Crippen LogP contribution in [0.2, 0.25) is 5.02 Å². The Bertz CT molecular complexity index is 375. The third-order valence-corrected chi connectivity index (χ3v) is 3.19. The number of hydrogen-bond acceptors (Lipinski definition) is 1. The molecule has 1 nitrogen and oxygen atoms in total. The Kier molecular flexibility index (Phi) is 2.24. The van der Waals surface area contributed by atoms with Crippen LogP contribution < -0.4 is 5.73 Å². The van der Waals surface area contributed by atoms with Crippen molar-refractivity contribution in [3.05, 3.63) is 34.4 Å². The molecule has 0 saturated heterocycles. The second-order valence-electron chi connectivity index (χ2n) is 3.70. The molecule has 0 aliphatic heterocycles. The molecule has 0 unspecified atom stereocenters. The van der Waals surface area contributed by atoms with E-state index in [2.05, 4.69) is 0 Å². The Morgan fingerprint density at radius 1 is 1.29 bits per heavy atom. The van der Waals surface area contributed by atoms with Crippen LogP contribution in [-0.4, -0.2) is 6.54 Å². The van der Waals surface area contributed by atoms with Gasteiger partial charge in [-0.15, -0.1) is 0 Å². The molecule has 1 fully saturated rings. The molecule has 0 amide bonds. The third kappa shape index (κ3) is 1.31. The van der Waals surface area contributed by atoms with Gasteiger partial charge in [0.2, 0.25) is 0 Å². The van der Waals surface area contributed by atoms with E-state index in [0.29, 0.717) is 6.54 Å². The van der Waals surface area contributed by atoms with E-state index in [-0.39, 0.29) is 10.6 Å². The van der Waals surface area contributed by atoms with Crippen molar-refractivity contribution in [3.63, 3.8) is 0 Å². The van der Waals surface area contributed by atoms with Crippen LogP contribution in [-0.2, 0) is 5.41 Å². The van der Waals surface area contributed by atoms with Gasteiger partial charge in [-0.1, -0.05) is 11.6 Å². The molecule has 4 heteroatoms. The van der Waals surface area contributed by atoms with E-state index in [0.717, 1.165) is 25.0 Å². The van der Waals surface area contributed by atoms with Crippen LogP contribution in [0.5, 0.6) is 0 Å². The number of halogens is 3. The molecule has 0 heterocycles. The van der Waals surface area contributed by atoms with Crippen molar-refractivity contribution in [1.29, 1.82) is 0 Å². The smallest absolute Gasteiger partial charge is 0.142 e. The molecular formula is C10H10ClF2N. The molecule has 14 heavy (non-hydrogen) atoms. The molecule has 0 radical (unpaired) electrons. The van der Waals surface area contributed by atoms with E-state index in [4.69, 9.17) is 17.3 Å². The monoisotopic (exact) mass is 217 g/mol. The van der Waals surface area contributed by atoms with Crippen molar-refractivity contribution in [2.45, 2.75) is 18.3 Å². The van der Waals surface area contributed by atoms with E-state index < -0.39 is 17.0 Å². The van der Waals surface area contributed by atoms with Gasteiger partial charge in [-0.3, -0.25) is 0 Å². The fourth-order valence-corrected chi connectivity index (χ4v) is 2.07. The highest BCUT2D eigenvalue weighted by molar-refractivity contribution is 6.31. The van der Waals surface area contributed by atoms with Crippen LogP contribution in [0.3, 0.4) is 0 Å². The maximum absolute atomic E-state index is 13.4. The Morgan fingerprint density at radius 3 is 2.36 bits per heavy atom. The van der Waals surface area contributed by atoms with E-state index in [1.54, 1.807) is 0 Å². The summed E-state index contributed by atoms with van der Waals surface area (Å²) in [5.74, 6) is -1.04. The van der Waals surface area contributed by atoms with Crippen molar-refractivity contribution in [3.8, 4) is 0 Å². The van der Waals surface area contributed by atoms with Crippen LogP contribution in [0, 0.1) is 11.6 Å². The molecule has 76 valence electrons. The third-order valence-electron chi connectivity index (χ3n) is 2.82. The first-order valence-electron chi connectivity index (χ1n) is 4.45. The minimum absolute atomic E-state index is 0.118. The Labute approximate surface area is 85.9 Å². The fourth-order valence-electron chi connectivity index (χ4n) is 1.72. The van der Waals surface area contributed by atoms with Gasteiger partial charge in [-0.05, 0) is 25.0 Å². The van der Waals surface area contributed by atoms with E-state index in [9.17, 15) is 8.78 Å². The van der Waals surface area contributed by atoms with Gasteiger partial charge in [0.05, 0.1) is 5.02 Å². The SMILES string of the molecule is NCC1(c2c(F)ccc(F)c2Cl)CC1. The van der Waals surface area contributed by atoms with Crippen LogP contribution in [0.25, 0.3) is 0 Å². The maximum Gasteiger partial charge on any atom is 0.142 e. The van der Waals surface area contributed by atoms with Gasteiger partial charge in [0.15, 0.2) is 0 Å². The van der Waals surface area contributed by atoms with Gasteiger partial charge in [0.1, 0.15) is 11.6 Å². The topological polar surface area (TPSA) is 26.0 Å². The van der Waals surface area contributed by atoms with Crippen molar-refractivity contribution in [2.75, 3.05) is 6.54 Å². The highest BCUT2D eigenvalue weighted by Gasteiger charge is 2.46. The second kappa shape index (κ2) is 3.17. The van der Waals surface area contributed by atoms with Crippen LogP contribution >= 0.6 is 11.6 Å². The van der Waals surface area contributed by atoms with Gasteiger partial charge in [0.25, 0.3) is 0 Å². The average Bonchev–Trinajstić information content (AvgIpc) is 2.93. The minimum atomic E-state index is -0.581. The molecule has 1 aromatic carbocycles. The Balaban J connectivity index is 2.57. The summed E-state index contributed by atoms with van der Waals surface area (Å²) in [6.07, 6.45) is 1.56. The summed E-state index contributed by atoms with van der Waals surface area (Å²) in [5.41, 5.74) is 5.38. The van der Waals surface area contributed by atoms with E-state index >= 15 is 0 Å². The minimum Gasteiger partial charge on any atom is -0.330 e. The maximum atomic E-state index is 13.4. The summed E-state index contributed by atoms with van der Waals surface area (Å²) in [6, 6.07) is 2.14. The summed E-state index contributed by atoms with van der Waals surface area (Å²) >= 11 is 5.73. The first-order chi connectivity index (χ1) is 6.60. The lowest BCUT2D eigenvalue weighted by Crippen LogP contribution is -2.22. The van der Waals surface area contributed by atoms with Crippen molar-refractivity contribution < 1.29 is 8.78 Å². The predicted octanol–water partition coefficient (Wildman–Crippen LogP) is 2.61. The van der Waals surface area contributed by atoms with Gasteiger partial charge in [-0.25, -0.2) is 8.78 Å². The summed E-state index contributed by atoms with van der Waals surface area (Å²) in [4.78, 5) is 0. The molecule has 1 aromatic rings. The fraction of sp³-hybridized carbons (Fsp3) is 0.400. The molecule has 0 spiro atoms. The van der Waals surface area contributed by atoms with Gasteiger partial charge >= 0.3 is 0 Å². The summed E-state index contributed by atoms with van der Waals surface area (Å²) in [6.45, 7) is 0.313.